The van der Waals surface area contributed by atoms with Crippen molar-refractivity contribution in [3.63, 3.8) is 0 Å². The van der Waals surface area contributed by atoms with Crippen LogP contribution in [-0.2, 0) is 27.2 Å². The molecule has 50 heavy (non-hydrogen) atoms. The quantitative estimate of drug-likeness (QED) is 0.119. The molecule has 2 aliphatic rings. The van der Waals surface area contributed by atoms with Crippen LogP contribution in [0, 0.1) is 5.82 Å². The molecule has 1 fully saturated rings. The second-order valence-electron chi connectivity index (χ2n) is 13.2. The summed E-state index contributed by atoms with van der Waals surface area (Å²) < 4.78 is 34.3. The molecule has 0 unspecified atom stereocenters. The molecular weight excluding hydrogens is 680 g/mol. The number of fused-ring (bicyclic) bond motifs is 2. The zero-order chi connectivity index (χ0) is 35.2. The van der Waals surface area contributed by atoms with Gasteiger partial charge >= 0.3 is 6.09 Å². The molecule has 0 radical (unpaired) electrons. The van der Waals surface area contributed by atoms with Crippen LogP contribution < -0.4 is 4.74 Å². The number of thiophene rings is 1. The molecule has 5 aromatic rings. The van der Waals surface area contributed by atoms with Crippen molar-refractivity contribution in [1.82, 2.24) is 29.5 Å². The van der Waals surface area contributed by atoms with Gasteiger partial charge < -0.3 is 24.0 Å². The molecule has 0 saturated carbocycles. The lowest BCUT2D eigenvalue weighted by atomic mass is 9.99. The summed E-state index contributed by atoms with van der Waals surface area (Å²) in [6.45, 7) is 11.8. The van der Waals surface area contributed by atoms with Crippen molar-refractivity contribution < 1.29 is 28.2 Å². The number of aromatic nitrogens is 4. The predicted molar refractivity (Wildman–Crippen MR) is 191 cm³/mol. The Balaban J connectivity index is 1.31. The highest BCUT2D eigenvalue weighted by atomic mass is 32.1. The Morgan fingerprint density at radius 2 is 1.94 bits per heavy atom. The van der Waals surface area contributed by atoms with Crippen LogP contribution in [0.5, 0.6) is 5.75 Å². The van der Waals surface area contributed by atoms with Gasteiger partial charge in [-0.05, 0) is 50.4 Å². The third kappa shape index (κ3) is 6.62. The van der Waals surface area contributed by atoms with Crippen molar-refractivity contribution in [1.29, 1.82) is 0 Å². The van der Waals surface area contributed by atoms with Crippen LogP contribution in [0.1, 0.15) is 37.4 Å². The van der Waals surface area contributed by atoms with Gasteiger partial charge in [-0.15, -0.1) is 22.7 Å². The molecule has 6 heterocycles. The first kappa shape index (κ1) is 33.8. The average Bonchev–Trinajstić information content (AvgIpc) is 3.82. The molecule has 11 nitrogen and oxygen atoms in total. The van der Waals surface area contributed by atoms with Gasteiger partial charge in [0.15, 0.2) is 0 Å². The van der Waals surface area contributed by atoms with Crippen molar-refractivity contribution in [2.45, 2.75) is 45.4 Å². The van der Waals surface area contributed by atoms with Crippen molar-refractivity contribution in [2.75, 3.05) is 40.0 Å². The number of benzene rings is 1. The molecule has 0 spiro atoms. The van der Waals surface area contributed by atoms with E-state index < -0.39 is 11.4 Å². The highest BCUT2D eigenvalue weighted by Gasteiger charge is 2.36. The number of nitrogens with zero attached hydrogens (tertiary/aromatic N) is 6. The van der Waals surface area contributed by atoms with Gasteiger partial charge in [-0.2, -0.15) is 5.10 Å². The maximum atomic E-state index is 14.7. The zero-order valence-electron chi connectivity index (χ0n) is 28.3. The van der Waals surface area contributed by atoms with E-state index in [-0.39, 0.29) is 24.6 Å². The highest BCUT2D eigenvalue weighted by molar-refractivity contribution is 7.18. The molecule has 1 saturated heterocycles. The fourth-order valence-corrected chi connectivity index (χ4v) is 8.15. The van der Waals surface area contributed by atoms with Crippen LogP contribution in [0.2, 0.25) is 0 Å². The van der Waals surface area contributed by atoms with Crippen LogP contribution >= 0.6 is 22.7 Å². The minimum absolute atomic E-state index is 0.00547. The van der Waals surface area contributed by atoms with E-state index in [1.54, 1.807) is 40.5 Å². The second kappa shape index (κ2) is 13.6. The normalized spacial score (nSPS) is 14.8. The summed E-state index contributed by atoms with van der Waals surface area (Å²) in [5.74, 6) is -0.155. The Labute approximate surface area is 296 Å². The van der Waals surface area contributed by atoms with Gasteiger partial charge in [0.1, 0.15) is 34.5 Å². The van der Waals surface area contributed by atoms with E-state index in [9.17, 15) is 14.0 Å². The molecule has 14 heteroatoms. The zero-order valence-corrected chi connectivity index (χ0v) is 29.9. The molecule has 0 aliphatic carbocycles. The summed E-state index contributed by atoms with van der Waals surface area (Å²) in [5, 5.41) is 8.30. The number of hydrogen-bond acceptors (Lipinski definition) is 10. The van der Waals surface area contributed by atoms with E-state index in [1.165, 1.54) is 29.5 Å². The number of amides is 2. The van der Waals surface area contributed by atoms with E-state index in [4.69, 9.17) is 24.2 Å². The lowest BCUT2D eigenvalue weighted by molar-refractivity contribution is -0.126. The third-order valence-corrected chi connectivity index (χ3v) is 10.6. The van der Waals surface area contributed by atoms with E-state index in [0.29, 0.717) is 61.2 Å². The predicted octanol–water partition coefficient (Wildman–Crippen LogP) is 6.98. The summed E-state index contributed by atoms with van der Waals surface area (Å²) in [6.07, 6.45) is 5.37. The second-order valence-corrected chi connectivity index (χ2v) is 15.2. The molecule has 0 bridgehead atoms. The number of pyridine rings is 1. The summed E-state index contributed by atoms with van der Waals surface area (Å²) in [6, 6.07) is 6.56. The van der Waals surface area contributed by atoms with Crippen molar-refractivity contribution in [3.05, 3.63) is 71.1 Å². The van der Waals surface area contributed by atoms with Gasteiger partial charge in [-0.1, -0.05) is 6.58 Å². The van der Waals surface area contributed by atoms with Crippen molar-refractivity contribution in [2.24, 2.45) is 0 Å². The molecular formula is C36H37FN6O5S2. The number of methoxy groups -OCH3 is 1. The lowest BCUT2D eigenvalue weighted by Crippen LogP contribution is -2.52. The average molecular weight is 717 g/mol. The van der Waals surface area contributed by atoms with E-state index in [1.807, 2.05) is 43.1 Å². The molecule has 1 aromatic carbocycles. The van der Waals surface area contributed by atoms with E-state index in [0.717, 1.165) is 37.5 Å². The van der Waals surface area contributed by atoms with Crippen molar-refractivity contribution in [3.8, 4) is 38.8 Å². The number of hydrogen-bond donors (Lipinski definition) is 0. The number of likely N-dealkylation sites (tertiary alicyclic amines) is 1. The molecule has 7 rings (SSSR count). The molecule has 2 amide bonds. The van der Waals surface area contributed by atoms with Crippen molar-refractivity contribution >= 4 is 44.8 Å². The lowest BCUT2D eigenvalue weighted by Gasteiger charge is -2.39. The Kier molecular flexibility index (Phi) is 9.18. The summed E-state index contributed by atoms with van der Waals surface area (Å²) >= 11 is 3.06. The van der Waals surface area contributed by atoms with Gasteiger partial charge in [-0.25, -0.2) is 19.2 Å². The Morgan fingerprint density at radius 3 is 2.70 bits per heavy atom. The Morgan fingerprint density at radius 1 is 1.12 bits per heavy atom. The third-order valence-electron chi connectivity index (χ3n) is 8.55. The summed E-state index contributed by atoms with van der Waals surface area (Å²) in [4.78, 5) is 39.8. The molecule has 2 aliphatic heterocycles. The first-order chi connectivity index (χ1) is 24.0. The van der Waals surface area contributed by atoms with Gasteiger partial charge in [0, 0.05) is 77.1 Å². The van der Waals surface area contributed by atoms with Crippen LogP contribution in [-0.4, -0.2) is 87.1 Å². The maximum absolute atomic E-state index is 14.7. The fourth-order valence-electron chi connectivity index (χ4n) is 6.08. The standard InChI is InChI=1S/C36H37FN6O5S2/c1-6-29(44)41-11-9-26-28(20-41)50-34(39-26)32-30(24-8-7-22(37)15-27(24)47-13-12-46-5)33-25(10-14-49-33)31(40-32)21-16-38-43(17-21)23-18-42(19-23)35(45)48-36(2,3)4/h6-8,10,14-17,23H,1,9,11-13,18-20H2,2-5H3. The van der Waals surface area contributed by atoms with Crippen LogP contribution in [0.3, 0.4) is 0 Å². The largest absolute Gasteiger partial charge is 0.490 e. The SMILES string of the molecule is C=CC(=O)N1CCc2nc(-c3nc(-c4cnn(C5CN(C(=O)OC(C)(C)C)C5)c4)c4ccsc4c3-c3ccc(F)cc3OCCOC)sc2C1. The maximum Gasteiger partial charge on any atom is 0.410 e. The molecule has 260 valence electrons. The monoisotopic (exact) mass is 716 g/mol. The number of carbonyl (C=O) groups excluding carboxylic acids is 2. The minimum Gasteiger partial charge on any atom is -0.490 e. The number of rotatable bonds is 9. The van der Waals surface area contributed by atoms with Gasteiger partial charge in [0.05, 0.1) is 36.8 Å². The number of halogens is 1. The fraction of sp³-hybridized carbons (Fsp3) is 0.361. The molecule has 0 N–H and O–H groups in total. The number of carbonyl (C=O) groups is 2. The topological polar surface area (TPSA) is 112 Å². The first-order valence-corrected chi connectivity index (χ1v) is 18.0. The Bertz CT molecular complexity index is 2090. The highest BCUT2D eigenvalue weighted by Crippen LogP contribution is 2.47. The van der Waals surface area contributed by atoms with Crippen LogP contribution in [0.25, 0.3) is 43.2 Å². The van der Waals surface area contributed by atoms with Crippen LogP contribution in [0.4, 0.5) is 9.18 Å². The summed E-state index contributed by atoms with van der Waals surface area (Å²) in [5.41, 5.74) is 4.02. The summed E-state index contributed by atoms with van der Waals surface area (Å²) in [7, 11) is 1.59. The molecule has 4 aromatic heterocycles. The molecule has 0 atom stereocenters. The Hall–Kier alpha value is -4.66. The minimum atomic E-state index is -0.563. The van der Waals surface area contributed by atoms with Gasteiger partial charge in [0.25, 0.3) is 0 Å². The van der Waals surface area contributed by atoms with Crippen LogP contribution in [0.15, 0.2) is 54.7 Å². The van der Waals surface area contributed by atoms with Gasteiger partial charge in [-0.3, -0.25) is 9.48 Å². The number of ether oxygens (including phenoxy) is 3. The first-order valence-electron chi connectivity index (χ1n) is 16.3. The van der Waals surface area contributed by atoms with Gasteiger partial charge in [0.2, 0.25) is 5.91 Å². The van der Waals surface area contributed by atoms with E-state index >= 15 is 0 Å². The number of thiazole rings is 1. The smallest absolute Gasteiger partial charge is 0.410 e. The van der Waals surface area contributed by atoms with E-state index in [2.05, 4.69) is 11.7 Å².